The molecule has 2 amide bonds. The third kappa shape index (κ3) is 14.5. The van der Waals surface area contributed by atoms with Crippen molar-refractivity contribution in [3.05, 3.63) is 149 Å². The number of non-ortho nitro benzene ring substituents is 2. The first-order valence-electron chi connectivity index (χ1n) is 20.3. The zero-order valence-electron chi connectivity index (χ0n) is 34.7. The number of hydrogen-bond acceptors (Lipinski definition) is 16. The fraction of sp³-hybridized carbons (Fsp3) is 0.381. The number of ether oxygens (including phenoxy) is 4. The van der Waals surface area contributed by atoms with Gasteiger partial charge in [-0.3, -0.25) is 50.0 Å². The van der Waals surface area contributed by atoms with Crippen molar-refractivity contribution in [2.75, 3.05) is 89.7 Å². The van der Waals surface area contributed by atoms with Crippen LogP contribution in [-0.4, -0.2) is 132 Å². The standard InChI is InChI=1S/C42H48N8O14/c51-41(37(27-31-7-3-1-4-8-31)43-35-13-11-33(47(53)54)29-39(35)49(57)58)45-15-19-61-23-25-63-21-17-46(18-22-64-26-24-62-20-16-45)42(52)38(28-32-9-5-2-6-10-32)44-36-14-12-34(48(55)56)30-40(36)50(59)60/h1-14,29-30,37-38,43-44H,15-28H2. The number of nitrogens with zero attached hydrogens (tertiary/aromatic N) is 6. The topological polar surface area (TPSA) is 274 Å². The number of carbonyl (C=O) groups excluding carboxylic acids is 2. The van der Waals surface area contributed by atoms with E-state index in [2.05, 4.69) is 10.6 Å². The molecule has 0 radical (unpaired) electrons. The van der Waals surface area contributed by atoms with Crippen LogP contribution in [0.15, 0.2) is 97.1 Å². The summed E-state index contributed by atoms with van der Waals surface area (Å²) in [7, 11) is 0. The second-order valence-corrected chi connectivity index (χ2v) is 14.3. The van der Waals surface area contributed by atoms with E-state index in [4.69, 9.17) is 18.9 Å². The number of rotatable bonds is 14. The third-order valence-corrected chi connectivity index (χ3v) is 9.99. The van der Waals surface area contributed by atoms with E-state index in [1.807, 2.05) is 36.4 Å². The second kappa shape index (κ2) is 24.5. The number of hydrogen-bond donors (Lipinski definition) is 2. The maximum absolute atomic E-state index is 14.2. The molecule has 64 heavy (non-hydrogen) atoms. The Balaban J connectivity index is 1.25. The van der Waals surface area contributed by atoms with Crippen molar-refractivity contribution in [1.82, 2.24) is 9.80 Å². The number of anilines is 2. The van der Waals surface area contributed by atoms with Crippen LogP contribution in [0, 0.1) is 40.5 Å². The first-order chi connectivity index (χ1) is 30.9. The fourth-order valence-corrected chi connectivity index (χ4v) is 6.74. The smallest absolute Gasteiger partial charge is 0.299 e. The Hall–Kier alpha value is -7.14. The number of nitro groups is 4. The normalized spacial score (nSPS) is 15.7. The van der Waals surface area contributed by atoms with Crippen LogP contribution < -0.4 is 10.6 Å². The highest BCUT2D eigenvalue weighted by Crippen LogP contribution is 2.31. The predicted molar refractivity (Wildman–Crippen MR) is 231 cm³/mol. The fourth-order valence-electron chi connectivity index (χ4n) is 6.74. The molecule has 4 aromatic carbocycles. The van der Waals surface area contributed by atoms with Gasteiger partial charge in [-0.2, -0.15) is 0 Å². The van der Waals surface area contributed by atoms with Crippen LogP contribution in [0.1, 0.15) is 11.1 Å². The van der Waals surface area contributed by atoms with E-state index in [1.165, 1.54) is 21.9 Å². The minimum atomic E-state index is -1.02. The van der Waals surface area contributed by atoms with Gasteiger partial charge < -0.3 is 39.4 Å². The molecule has 2 N–H and O–H groups in total. The van der Waals surface area contributed by atoms with Crippen LogP contribution in [-0.2, 0) is 41.4 Å². The summed E-state index contributed by atoms with van der Waals surface area (Å²) in [6.07, 6.45) is 0.264. The van der Waals surface area contributed by atoms with Crippen molar-refractivity contribution in [2.45, 2.75) is 24.9 Å². The molecule has 0 aliphatic carbocycles. The van der Waals surface area contributed by atoms with E-state index < -0.39 is 66.3 Å². The van der Waals surface area contributed by atoms with Gasteiger partial charge in [0.05, 0.1) is 84.7 Å². The van der Waals surface area contributed by atoms with Crippen molar-refractivity contribution >= 4 is 45.9 Å². The third-order valence-electron chi connectivity index (χ3n) is 9.99. The van der Waals surface area contributed by atoms with E-state index in [-0.39, 0.29) is 103 Å². The molecular formula is C42H48N8O14. The molecular weight excluding hydrogens is 841 g/mol. The quantitative estimate of drug-likeness (QED) is 0.127. The van der Waals surface area contributed by atoms with Crippen LogP contribution in [0.2, 0.25) is 0 Å². The van der Waals surface area contributed by atoms with Gasteiger partial charge in [-0.25, -0.2) is 0 Å². The number of nitrogens with one attached hydrogen (secondary N) is 2. The van der Waals surface area contributed by atoms with E-state index in [1.54, 1.807) is 24.3 Å². The molecule has 5 rings (SSSR count). The van der Waals surface area contributed by atoms with Gasteiger partial charge in [0.15, 0.2) is 0 Å². The summed E-state index contributed by atoms with van der Waals surface area (Å²) in [4.78, 5) is 75.1. The lowest BCUT2D eigenvalue weighted by Gasteiger charge is -2.29. The number of amides is 2. The molecule has 1 heterocycles. The molecule has 1 saturated heterocycles. The Bertz CT molecular complexity index is 2040. The zero-order chi connectivity index (χ0) is 45.8. The highest BCUT2D eigenvalue weighted by atomic mass is 16.6. The Morgan fingerprint density at radius 2 is 0.812 bits per heavy atom. The molecule has 1 aliphatic heterocycles. The molecule has 2 atom stereocenters. The van der Waals surface area contributed by atoms with Crippen molar-refractivity contribution in [3.63, 3.8) is 0 Å². The molecule has 1 aliphatic rings. The van der Waals surface area contributed by atoms with E-state index in [9.17, 15) is 50.0 Å². The first-order valence-corrected chi connectivity index (χ1v) is 20.3. The minimum Gasteiger partial charge on any atom is -0.377 e. The summed E-state index contributed by atoms with van der Waals surface area (Å²) in [6, 6.07) is 22.3. The van der Waals surface area contributed by atoms with Gasteiger partial charge >= 0.3 is 0 Å². The molecule has 22 nitrogen and oxygen atoms in total. The Morgan fingerprint density at radius 1 is 0.484 bits per heavy atom. The molecule has 4 aromatic rings. The number of benzene rings is 4. The zero-order valence-corrected chi connectivity index (χ0v) is 34.7. The van der Waals surface area contributed by atoms with Gasteiger partial charge in [0.1, 0.15) is 23.5 Å². The Morgan fingerprint density at radius 3 is 1.11 bits per heavy atom. The van der Waals surface area contributed by atoms with Gasteiger partial charge in [0.2, 0.25) is 11.8 Å². The number of carbonyl (C=O) groups is 2. The lowest BCUT2D eigenvalue weighted by molar-refractivity contribution is -0.393. The molecule has 0 aromatic heterocycles. The molecule has 1 fully saturated rings. The van der Waals surface area contributed by atoms with Crippen molar-refractivity contribution in [2.24, 2.45) is 0 Å². The van der Waals surface area contributed by atoms with Crippen LogP contribution in [0.5, 0.6) is 0 Å². The highest BCUT2D eigenvalue weighted by Gasteiger charge is 2.30. The monoisotopic (exact) mass is 888 g/mol. The minimum absolute atomic E-state index is 0.0650. The maximum Gasteiger partial charge on any atom is 0.299 e. The van der Waals surface area contributed by atoms with E-state index >= 15 is 0 Å². The van der Waals surface area contributed by atoms with Gasteiger partial charge in [-0.05, 0) is 23.3 Å². The Labute approximate surface area is 366 Å². The van der Waals surface area contributed by atoms with E-state index in [0.29, 0.717) is 0 Å². The van der Waals surface area contributed by atoms with E-state index in [0.717, 1.165) is 35.4 Å². The molecule has 0 saturated carbocycles. The predicted octanol–water partition coefficient (Wildman–Crippen LogP) is 4.80. The maximum atomic E-state index is 14.2. The summed E-state index contributed by atoms with van der Waals surface area (Å²) in [5, 5.41) is 52.6. The molecule has 0 spiro atoms. The van der Waals surface area contributed by atoms with Crippen molar-refractivity contribution in [1.29, 1.82) is 0 Å². The average molecular weight is 889 g/mol. The summed E-state index contributed by atoms with van der Waals surface area (Å²) in [6.45, 7) is 1.27. The van der Waals surface area contributed by atoms with Crippen LogP contribution in [0.4, 0.5) is 34.1 Å². The molecule has 22 heteroatoms. The van der Waals surface area contributed by atoms with Gasteiger partial charge in [0.25, 0.3) is 22.7 Å². The lowest BCUT2D eigenvalue weighted by Crippen LogP contribution is -2.47. The SMILES string of the molecule is O=C(C(Cc1ccccc1)Nc1ccc([N+](=O)[O-])cc1[N+](=O)[O-])N1CCOCCOCCN(C(=O)C(Cc2ccccc2)Nc2ccc([N+](=O)[O-])cc2[N+](=O)[O-])CCOCCOCC1. The molecule has 0 bridgehead atoms. The second-order valence-electron chi connectivity index (χ2n) is 14.3. The summed E-state index contributed by atoms with van der Waals surface area (Å²) in [5.74, 6) is -0.836. The average Bonchev–Trinajstić information content (AvgIpc) is 3.28. The van der Waals surface area contributed by atoms with Crippen molar-refractivity contribution < 1.29 is 48.2 Å². The molecule has 2 unspecified atom stereocenters. The van der Waals surface area contributed by atoms with Gasteiger partial charge in [-0.15, -0.1) is 0 Å². The lowest BCUT2D eigenvalue weighted by atomic mass is 10.0. The number of nitro benzene ring substituents is 4. The molecule has 340 valence electrons. The summed E-state index contributed by atoms with van der Waals surface area (Å²) in [5.41, 5.74) is -0.668. The largest absolute Gasteiger partial charge is 0.377 e. The highest BCUT2D eigenvalue weighted by molar-refractivity contribution is 5.87. The van der Waals surface area contributed by atoms with Gasteiger partial charge in [-0.1, -0.05) is 60.7 Å². The van der Waals surface area contributed by atoms with Gasteiger partial charge in [0, 0.05) is 51.2 Å². The van der Waals surface area contributed by atoms with Crippen LogP contribution >= 0.6 is 0 Å². The van der Waals surface area contributed by atoms with Crippen LogP contribution in [0.3, 0.4) is 0 Å². The summed E-state index contributed by atoms with van der Waals surface area (Å²) >= 11 is 0. The first kappa shape index (κ1) is 47.9. The Kier molecular flexibility index (Phi) is 18.3. The summed E-state index contributed by atoms with van der Waals surface area (Å²) < 4.78 is 23.3. The van der Waals surface area contributed by atoms with Crippen LogP contribution in [0.25, 0.3) is 0 Å². The van der Waals surface area contributed by atoms with Crippen molar-refractivity contribution in [3.8, 4) is 0 Å².